The lowest BCUT2D eigenvalue weighted by Crippen LogP contribution is -2.24. The molecule has 18 heavy (non-hydrogen) atoms. The molecule has 0 aliphatic rings. The molecule has 0 unspecified atom stereocenters. The van der Waals surface area contributed by atoms with Crippen molar-refractivity contribution in [1.29, 1.82) is 0 Å². The number of carbonyl (C=O) groups is 1. The average molecular weight is 271 g/mol. The number of nitrogens with one attached hydrogen (secondary N) is 1. The van der Waals surface area contributed by atoms with E-state index in [1.807, 2.05) is 13.8 Å². The molecule has 0 aliphatic heterocycles. The van der Waals surface area contributed by atoms with E-state index in [0.717, 1.165) is 19.4 Å². The fraction of sp³-hybridized carbons (Fsp3) is 0.667. The van der Waals surface area contributed by atoms with Crippen LogP contribution in [0.3, 0.4) is 0 Å². The highest BCUT2D eigenvalue weighted by atomic mass is 32.1. The summed E-state index contributed by atoms with van der Waals surface area (Å²) in [6.07, 6.45) is 2.12. The maximum absolute atomic E-state index is 11.8. The first-order valence-electron chi connectivity index (χ1n) is 6.13. The number of carbonyl (C=O) groups excluding carboxylic acids is 1. The first-order chi connectivity index (χ1) is 8.50. The van der Waals surface area contributed by atoms with Gasteiger partial charge in [-0.1, -0.05) is 11.3 Å². The van der Waals surface area contributed by atoms with E-state index in [4.69, 9.17) is 10.5 Å². The fourth-order valence-corrected chi connectivity index (χ4v) is 2.21. The maximum atomic E-state index is 11.8. The number of hydrogen-bond acceptors (Lipinski definition) is 5. The van der Waals surface area contributed by atoms with E-state index in [0.29, 0.717) is 22.2 Å². The molecule has 1 aromatic rings. The predicted molar refractivity (Wildman–Crippen MR) is 73.9 cm³/mol. The first-order valence-corrected chi connectivity index (χ1v) is 6.95. The van der Waals surface area contributed by atoms with Gasteiger partial charge in [-0.25, -0.2) is 4.98 Å². The molecule has 0 fully saturated rings. The molecule has 1 heterocycles. The van der Waals surface area contributed by atoms with Crippen LogP contribution in [0, 0.1) is 6.92 Å². The van der Waals surface area contributed by atoms with Crippen molar-refractivity contribution in [3.8, 4) is 0 Å². The van der Waals surface area contributed by atoms with Crippen LogP contribution in [-0.4, -0.2) is 30.1 Å². The summed E-state index contributed by atoms with van der Waals surface area (Å²) in [4.78, 5) is 16.4. The number of aryl methyl sites for hydroxylation is 1. The molecule has 6 heteroatoms. The number of hydrogen-bond donors (Lipinski definition) is 2. The van der Waals surface area contributed by atoms with Gasteiger partial charge in [0.25, 0.3) is 5.91 Å². The summed E-state index contributed by atoms with van der Waals surface area (Å²) in [7, 11) is 0. The standard InChI is InChI=1S/C12H21N3O2S/c1-8(2)17-7-5-4-6-14-11(16)10-9(3)15-12(13)18-10/h8H,4-7H2,1-3H3,(H2,13,15)(H,14,16). The third-order valence-corrected chi connectivity index (χ3v) is 3.31. The monoisotopic (exact) mass is 271 g/mol. The summed E-state index contributed by atoms with van der Waals surface area (Å²) >= 11 is 1.22. The Kier molecular flexibility index (Phi) is 6.07. The molecule has 0 aromatic carbocycles. The van der Waals surface area contributed by atoms with Gasteiger partial charge < -0.3 is 15.8 Å². The zero-order valence-corrected chi connectivity index (χ0v) is 12.0. The molecule has 0 saturated carbocycles. The minimum atomic E-state index is -0.0912. The summed E-state index contributed by atoms with van der Waals surface area (Å²) in [5.74, 6) is -0.0912. The van der Waals surface area contributed by atoms with E-state index in [9.17, 15) is 4.79 Å². The number of ether oxygens (including phenoxy) is 1. The molecule has 0 bridgehead atoms. The molecule has 0 aliphatic carbocycles. The fourth-order valence-electron chi connectivity index (χ4n) is 1.46. The summed E-state index contributed by atoms with van der Waals surface area (Å²) < 4.78 is 5.42. The Morgan fingerprint density at radius 3 is 2.78 bits per heavy atom. The van der Waals surface area contributed by atoms with Crippen molar-refractivity contribution in [3.63, 3.8) is 0 Å². The molecule has 1 aromatic heterocycles. The lowest BCUT2D eigenvalue weighted by Gasteiger charge is -2.07. The summed E-state index contributed by atoms with van der Waals surface area (Å²) in [6.45, 7) is 7.20. The molecule has 0 spiro atoms. The van der Waals surface area contributed by atoms with Crippen molar-refractivity contribution >= 4 is 22.4 Å². The van der Waals surface area contributed by atoms with Crippen molar-refractivity contribution in [2.45, 2.75) is 39.7 Å². The first kappa shape index (κ1) is 14.9. The Labute approximate surface area is 112 Å². The number of anilines is 1. The highest BCUT2D eigenvalue weighted by Gasteiger charge is 2.13. The van der Waals surface area contributed by atoms with Crippen molar-refractivity contribution in [3.05, 3.63) is 10.6 Å². The molecule has 5 nitrogen and oxygen atoms in total. The summed E-state index contributed by atoms with van der Waals surface area (Å²) in [5.41, 5.74) is 6.24. The van der Waals surface area contributed by atoms with Crippen LogP contribution in [0.15, 0.2) is 0 Å². The zero-order valence-electron chi connectivity index (χ0n) is 11.2. The number of nitrogens with zero attached hydrogens (tertiary/aromatic N) is 1. The van der Waals surface area contributed by atoms with E-state index in [1.54, 1.807) is 6.92 Å². The van der Waals surface area contributed by atoms with Crippen LogP contribution in [0.5, 0.6) is 0 Å². The van der Waals surface area contributed by atoms with E-state index < -0.39 is 0 Å². The van der Waals surface area contributed by atoms with Gasteiger partial charge in [0.2, 0.25) is 0 Å². The Morgan fingerprint density at radius 1 is 1.50 bits per heavy atom. The van der Waals surface area contributed by atoms with E-state index in [2.05, 4.69) is 10.3 Å². The molecule has 1 amide bonds. The van der Waals surface area contributed by atoms with Gasteiger partial charge in [-0.3, -0.25) is 4.79 Å². The molecule has 0 saturated heterocycles. The van der Waals surface area contributed by atoms with Crippen LogP contribution in [-0.2, 0) is 4.74 Å². The number of thiazole rings is 1. The second-order valence-corrected chi connectivity index (χ2v) is 5.38. The molecule has 0 atom stereocenters. The quantitative estimate of drug-likeness (QED) is 0.743. The van der Waals surface area contributed by atoms with Crippen LogP contribution in [0.1, 0.15) is 42.1 Å². The largest absolute Gasteiger partial charge is 0.379 e. The van der Waals surface area contributed by atoms with Crippen LogP contribution < -0.4 is 11.1 Å². The van der Waals surface area contributed by atoms with Gasteiger partial charge in [0, 0.05) is 13.2 Å². The number of amides is 1. The number of unbranched alkanes of at least 4 members (excludes halogenated alkanes) is 1. The van der Waals surface area contributed by atoms with E-state index in [-0.39, 0.29) is 12.0 Å². The maximum Gasteiger partial charge on any atom is 0.263 e. The van der Waals surface area contributed by atoms with Gasteiger partial charge in [0.1, 0.15) is 4.88 Å². The highest BCUT2D eigenvalue weighted by Crippen LogP contribution is 2.19. The lowest BCUT2D eigenvalue weighted by molar-refractivity contribution is 0.0754. The second kappa shape index (κ2) is 7.33. The molecular formula is C12H21N3O2S. The summed E-state index contributed by atoms with van der Waals surface area (Å²) in [6, 6.07) is 0. The number of aromatic nitrogens is 1. The number of nitrogen functional groups attached to an aromatic ring is 1. The Balaban J connectivity index is 2.20. The van der Waals surface area contributed by atoms with Gasteiger partial charge >= 0.3 is 0 Å². The molecule has 3 N–H and O–H groups in total. The predicted octanol–water partition coefficient (Wildman–Crippen LogP) is 1.97. The topological polar surface area (TPSA) is 77.2 Å². The Hall–Kier alpha value is -1.14. The zero-order chi connectivity index (χ0) is 13.5. The van der Waals surface area contributed by atoms with Crippen molar-refractivity contribution in [2.75, 3.05) is 18.9 Å². The molecule has 0 radical (unpaired) electrons. The van der Waals surface area contributed by atoms with Gasteiger partial charge in [0.15, 0.2) is 5.13 Å². The summed E-state index contributed by atoms with van der Waals surface area (Å²) in [5, 5.41) is 3.29. The molecule has 1 rings (SSSR count). The Morgan fingerprint density at radius 2 is 2.22 bits per heavy atom. The Bertz CT molecular complexity index is 391. The number of rotatable bonds is 7. The average Bonchev–Trinajstić information content (AvgIpc) is 2.62. The minimum Gasteiger partial charge on any atom is -0.379 e. The molecule has 102 valence electrons. The smallest absolute Gasteiger partial charge is 0.263 e. The van der Waals surface area contributed by atoms with Crippen LogP contribution in [0.25, 0.3) is 0 Å². The molecular weight excluding hydrogens is 250 g/mol. The van der Waals surface area contributed by atoms with Crippen LogP contribution >= 0.6 is 11.3 Å². The van der Waals surface area contributed by atoms with E-state index in [1.165, 1.54) is 11.3 Å². The van der Waals surface area contributed by atoms with Gasteiger partial charge in [-0.2, -0.15) is 0 Å². The van der Waals surface area contributed by atoms with Gasteiger partial charge in [-0.05, 0) is 33.6 Å². The highest BCUT2D eigenvalue weighted by molar-refractivity contribution is 7.17. The van der Waals surface area contributed by atoms with Crippen LogP contribution in [0.4, 0.5) is 5.13 Å². The van der Waals surface area contributed by atoms with Gasteiger partial charge in [0.05, 0.1) is 11.8 Å². The third-order valence-electron chi connectivity index (χ3n) is 2.33. The van der Waals surface area contributed by atoms with Crippen molar-refractivity contribution in [2.24, 2.45) is 0 Å². The van der Waals surface area contributed by atoms with Gasteiger partial charge in [-0.15, -0.1) is 0 Å². The number of nitrogens with two attached hydrogens (primary N) is 1. The van der Waals surface area contributed by atoms with Crippen molar-refractivity contribution in [1.82, 2.24) is 10.3 Å². The second-order valence-electron chi connectivity index (χ2n) is 4.35. The third kappa shape index (κ3) is 5.01. The van der Waals surface area contributed by atoms with Crippen LogP contribution in [0.2, 0.25) is 0 Å². The SMILES string of the molecule is Cc1nc(N)sc1C(=O)NCCCCOC(C)C. The van der Waals surface area contributed by atoms with E-state index >= 15 is 0 Å². The lowest BCUT2D eigenvalue weighted by atomic mass is 10.3. The van der Waals surface area contributed by atoms with Crippen molar-refractivity contribution < 1.29 is 9.53 Å². The normalized spacial score (nSPS) is 10.9. The minimum absolute atomic E-state index is 0.0912.